The number of halogens is 1. The second kappa shape index (κ2) is 12.0. The van der Waals surface area contributed by atoms with Crippen molar-refractivity contribution in [3.63, 3.8) is 0 Å². The SMILES string of the molecule is CCCN(CC(=O)Nc1ccccc1C)C(=O)CC(C)C1CCNCC1.Cl. The largest absolute Gasteiger partial charge is 0.333 e. The van der Waals surface area contributed by atoms with E-state index in [1.807, 2.05) is 38.1 Å². The number of carbonyl (C=O) groups is 2. The average molecular weight is 396 g/mol. The van der Waals surface area contributed by atoms with Crippen molar-refractivity contribution in [3.8, 4) is 0 Å². The summed E-state index contributed by atoms with van der Waals surface area (Å²) in [6.07, 6.45) is 3.65. The monoisotopic (exact) mass is 395 g/mol. The molecule has 2 rings (SSSR count). The van der Waals surface area contributed by atoms with E-state index in [0.717, 1.165) is 43.6 Å². The molecule has 1 fully saturated rings. The lowest BCUT2D eigenvalue weighted by Crippen LogP contribution is -2.40. The van der Waals surface area contributed by atoms with Crippen LogP contribution >= 0.6 is 12.4 Å². The van der Waals surface area contributed by atoms with Crippen molar-refractivity contribution < 1.29 is 9.59 Å². The first kappa shape index (κ1) is 23.4. The maximum absolute atomic E-state index is 12.8. The van der Waals surface area contributed by atoms with Crippen molar-refractivity contribution in [2.45, 2.75) is 46.5 Å². The first-order valence-corrected chi connectivity index (χ1v) is 9.85. The molecule has 0 saturated carbocycles. The Morgan fingerprint density at radius 2 is 1.93 bits per heavy atom. The number of piperidine rings is 1. The summed E-state index contributed by atoms with van der Waals surface area (Å²) in [5, 5.41) is 6.30. The minimum atomic E-state index is -0.129. The van der Waals surface area contributed by atoms with Crippen molar-refractivity contribution in [3.05, 3.63) is 29.8 Å². The molecule has 1 aromatic rings. The summed E-state index contributed by atoms with van der Waals surface area (Å²) in [6, 6.07) is 7.70. The minimum absolute atomic E-state index is 0. The Morgan fingerprint density at radius 3 is 2.56 bits per heavy atom. The molecule has 1 aromatic carbocycles. The van der Waals surface area contributed by atoms with Crippen LogP contribution in [-0.4, -0.2) is 42.9 Å². The molecule has 152 valence electrons. The Kier molecular flexibility index (Phi) is 10.4. The first-order chi connectivity index (χ1) is 12.5. The molecule has 1 unspecified atom stereocenters. The molecule has 6 heteroatoms. The van der Waals surface area contributed by atoms with E-state index >= 15 is 0 Å². The van der Waals surface area contributed by atoms with Crippen LogP contribution in [0.15, 0.2) is 24.3 Å². The number of aryl methyl sites for hydroxylation is 1. The van der Waals surface area contributed by atoms with Crippen molar-refractivity contribution in [2.24, 2.45) is 11.8 Å². The van der Waals surface area contributed by atoms with Gasteiger partial charge >= 0.3 is 0 Å². The number of carbonyl (C=O) groups excluding carboxylic acids is 2. The van der Waals surface area contributed by atoms with Gasteiger partial charge in [0, 0.05) is 18.7 Å². The average Bonchev–Trinajstić information content (AvgIpc) is 2.64. The molecule has 1 heterocycles. The molecular weight excluding hydrogens is 362 g/mol. The summed E-state index contributed by atoms with van der Waals surface area (Å²) in [4.78, 5) is 26.9. The van der Waals surface area contributed by atoms with E-state index < -0.39 is 0 Å². The summed E-state index contributed by atoms with van der Waals surface area (Å²) < 4.78 is 0. The van der Waals surface area contributed by atoms with Gasteiger partial charge in [-0.2, -0.15) is 0 Å². The number of nitrogens with zero attached hydrogens (tertiary/aromatic N) is 1. The highest BCUT2D eigenvalue weighted by Crippen LogP contribution is 2.25. The first-order valence-electron chi connectivity index (χ1n) is 9.85. The summed E-state index contributed by atoms with van der Waals surface area (Å²) in [5.74, 6) is 0.932. The van der Waals surface area contributed by atoms with Crippen molar-refractivity contribution >= 4 is 29.9 Å². The molecule has 1 saturated heterocycles. The van der Waals surface area contributed by atoms with E-state index in [9.17, 15) is 9.59 Å². The highest BCUT2D eigenvalue weighted by atomic mass is 35.5. The smallest absolute Gasteiger partial charge is 0.244 e. The van der Waals surface area contributed by atoms with Gasteiger partial charge in [0.15, 0.2) is 0 Å². The van der Waals surface area contributed by atoms with Gasteiger partial charge in [0.05, 0.1) is 6.54 Å². The van der Waals surface area contributed by atoms with Gasteiger partial charge < -0.3 is 15.5 Å². The Labute approximate surface area is 169 Å². The fraction of sp³-hybridized carbons (Fsp3) is 0.619. The van der Waals surface area contributed by atoms with Crippen molar-refractivity contribution in [1.29, 1.82) is 0 Å². The molecule has 0 aromatic heterocycles. The number of hydrogen-bond donors (Lipinski definition) is 2. The summed E-state index contributed by atoms with van der Waals surface area (Å²) >= 11 is 0. The van der Waals surface area contributed by atoms with Gasteiger partial charge in [-0.25, -0.2) is 0 Å². The fourth-order valence-corrected chi connectivity index (χ4v) is 3.62. The van der Waals surface area contributed by atoms with Gasteiger partial charge in [-0.05, 0) is 62.7 Å². The summed E-state index contributed by atoms with van der Waals surface area (Å²) in [6.45, 7) is 9.01. The minimum Gasteiger partial charge on any atom is -0.333 e. The third kappa shape index (κ3) is 7.51. The van der Waals surface area contributed by atoms with E-state index in [-0.39, 0.29) is 30.8 Å². The lowest BCUT2D eigenvalue weighted by atomic mass is 9.84. The van der Waals surface area contributed by atoms with Crippen LogP contribution in [0.3, 0.4) is 0 Å². The number of nitrogens with one attached hydrogen (secondary N) is 2. The number of benzene rings is 1. The van der Waals surface area contributed by atoms with Gasteiger partial charge in [-0.3, -0.25) is 9.59 Å². The van der Waals surface area contributed by atoms with E-state index in [4.69, 9.17) is 0 Å². The van der Waals surface area contributed by atoms with E-state index in [1.54, 1.807) is 4.90 Å². The lowest BCUT2D eigenvalue weighted by Gasteiger charge is -2.30. The fourth-order valence-electron chi connectivity index (χ4n) is 3.62. The molecule has 1 aliphatic heterocycles. The molecule has 0 radical (unpaired) electrons. The summed E-state index contributed by atoms with van der Waals surface area (Å²) in [5.41, 5.74) is 1.83. The van der Waals surface area contributed by atoms with Gasteiger partial charge in [0.2, 0.25) is 11.8 Å². The van der Waals surface area contributed by atoms with Gasteiger partial charge in [-0.1, -0.05) is 32.0 Å². The summed E-state index contributed by atoms with van der Waals surface area (Å²) in [7, 11) is 0. The quantitative estimate of drug-likeness (QED) is 0.706. The van der Waals surface area contributed by atoms with E-state index in [1.165, 1.54) is 0 Å². The van der Waals surface area contributed by atoms with Crippen LogP contribution in [0.4, 0.5) is 5.69 Å². The van der Waals surface area contributed by atoms with Gasteiger partial charge in [0.1, 0.15) is 0 Å². The maximum Gasteiger partial charge on any atom is 0.244 e. The number of para-hydroxylation sites is 1. The van der Waals surface area contributed by atoms with Crippen LogP contribution in [0, 0.1) is 18.8 Å². The highest BCUT2D eigenvalue weighted by molar-refractivity contribution is 5.95. The maximum atomic E-state index is 12.8. The van der Waals surface area contributed by atoms with Crippen molar-refractivity contribution in [1.82, 2.24) is 10.2 Å². The predicted molar refractivity (Wildman–Crippen MR) is 113 cm³/mol. The Bertz CT molecular complexity index is 603. The molecule has 1 aliphatic rings. The molecule has 0 spiro atoms. The second-order valence-corrected chi connectivity index (χ2v) is 7.45. The molecule has 5 nitrogen and oxygen atoms in total. The van der Waals surface area contributed by atoms with Crippen LogP contribution in [0.25, 0.3) is 0 Å². The Morgan fingerprint density at radius 1 is 1.26 bits per heavy atom. The second-order valence-electron chi connectivity index (χ2n) is 7.45. The molecule has 2 N–H and O–H groups in total. The van der Waals surface area contributed by atoms with Crippen LogP contribution in [0.1, 0.15) is 45.1 Å². The van der Waals surface area contributed by atoms with Crippen molar-refractivity contribution in [2.75, 3.05) is 31.5 Å². The normalized spacial score (nSPS) is 15.5. The molecule has 0 bridgehead atoms. The number of anilines is 1. The molecule has 0 aliphatic carbocycles. The lowest BCUT2D eigenvalue weighted by molar-refractivity contribution is -0.135. The zero-order valence-corrected chi connectivity index (χ0v) is 17.6. The van der Waals surface area contributed by atoms with Gasteiger partial charge in [-0.15, -0.1) is 12.4 Å². The molecule has 2 amide bonds. The number of amides is 2. The topological polar surface area (TPSA) is 61.4 Å². The Hall–Kier alpha value is -1.59. The van der Waals surface area contributed by atoms with Crippen LogP contribution < -0.4 is 10.6 Å². The standard InChI is InChI=1S/C21H33N3O2.ClH/c1-4-13-24(15-20(25)23-19-8-6-5-7-16(19)2)21(26)14-17(3)18-9-11-22-12-10-18;/h5-8,17-18,22H,4,9-15H2,1-3H3,(H,23,25);1H. The van der Waals surface area contributed by atoms with Crippen LogP contribution in [-0.2, 0) is 9.59 Å². The van der Waals surface area contributed by atoms with E-state index in [2.05, 4.69) is 17.6 Å². The third-order valence-corrected chi connectivity index (χ3v) is 5.28. The van der Waals surface area contributed by atoms with E-state index in [0.29, 0.717) is 24.8 Å². The predicted octanol–water partition coefficient (Wildman–Crippen LogP) is 3.62. The zero-order valence-electron chi connectivity index (χ0n) is 16.8. The molecule has 27 heavy (non-hydrogen) atoms. The highest BCUT2D eigenvalue weighted by Gasteiger charge is 2.25. The van der Waals surface area contributed by atoms with Crippen LogP contribution in [0.5, 0.6) is 0 Å². The van der Waals surface area contributed by atoms with Crippen LogP contribution in [0.2, 0.25) is 0 Å². The number of rotatable bonds is 8. The molecule has 1 atom stereocenters. The zero-order chi connectivity index (χ0) is 18.9. The molecular formula is C21H34ClN3O2. The Balaban J connectivity index is 0.00000364. The number of hydrogen-bond acceptors (Lipinski definition) is 3. The third-order valence-electron chi connectivity index (χ3n) is 5.28. The van der Waals surface area contributed by atoms with Gasteiger partial charge in [0.25, 0.3) is 0 Å².